The molecule has 0 saturated heterocycles. The Kier molecular flexibility index (Phi) is 5.46. The summed E-state index contributed by atoms with van der Waals surface area (Å²) < 4.78 is 6.39. The first-order valence-corrected chi connectivity index (χ1v) is 14.2. The molecule has 194 valence electrons. The van der Waals surface area contributed by atoms with Gasteiger partial charge in [0.25, 0.3) is 0 Å². The molecule has 0 spiro atoms. The Morgan fingerprint density at radius 2 is 1.50 bits per heavy atom. The Balaban J connectivity index is 1.67. The van der Waals surface area contributed by atoms with Crippen molar-refractivity contribution < 1.29 is 14.9 Å². The molecule has 3 heteroatoms. The van der Waals surface area contributed by atoms with E-state index < -0.39 is 12.2 Å². The normalized spacial score (nSPS) is 55.8. The monoisotopic (exact) mass is 472 g/mol. The Bertz CT molecular complexity index is 874. The van der Waals surface area contributed by atoms with E-state index in [9.17, 15) is 10.2 Å². The molecule has 5 aliphatic carbocycles. The summed E-state index contributed by atoms with van der Waals surface area (Å²) in [7, 11) is 1.89. The minimum Gasteiger partial charge on any atom is -0.392 e. The van der Waals surface area contributed by atoms with Crippen molar-refractivity contribution in [2.75, 3.05) is 7.11 Å². The number of ether oxygens (including phenoxy) is 1. The van der Waals surface area contributed by atoms with Gasteiger partial charge in [-0.15, -0.1) is 0 Å². The molecule has 0 heterocycles. The van der Waals surface area contributed by atoms with Crippen LogP contribution in [-0.4, -0.2) is 35.6 Å². The smallest absolute Gasteiger partial charge is 0.0794 e. The summed E-state index contributed by atoms with van der Waals surface area (Å²) in [6.45, 7) is 19.5. The van der Waals surface area contributed by atoms with Crippen molar-refractivity contribution >= 4 is 0 Å². The third-order valence-electron chi connectivity index (χ3n) is 13.4. The molecule has 34 heavy (non-hydrogen) atoms. The zero-order valence-corrected chi connectivity index (χ0v) is 23.5. The molecular formula is C31H52O3. The summed E-state index contributed by atoms with van der Waals surface area (Å²) in [5.41, 5.74) is 2.23. The van der Waals surface area contributed by atoms with E-state index in [2.05, 4.69) is 61.5 Å². The number of aliphatic hydroxyl groups is 2. The molecule has 0 aromatic heterocycles. The largest absolute Gasteiger partial charge is 0.392 e. The highest BCUT2D eigenvalue weighted by atomic mass is 16.5. The zero-order valence-electron chi connectivity index (χ0n) is 23.5. The van der Waals surface area contributed by atoms with Gasteiger partial charge in [-0.1, -0.05) is 67.0 Å². The second-order valence-corrected chi connectivity index (χ2v) is 15.7. The first-order chi connectivity index (χ1) is 15.6. The molecule has 0 aromatic carbocycles. The number of fused-ring (bicyclic) bond motifs is 7. The molecule has 0 radical (unpaired) electrons. The van der Waals surface area contributed by atoms with Crippen LogP contribution in [0, 0.1) is 50.2 Å². The van der Waals surface area contributed by atoms with Gasteiger partial charge in [0.05, 0.1) is 18.3 Å². The van der Waals surface area contributed by atoms with Crippen LogP contribution in [0.1, 0.15) is 107 Å². The van der Waals surface area contributed by atoms with Gasteiger partial charge in [0.15, 0.2) is 0 Å². The van der Waals surface area contributed by atoms with Crippen LogP contribution in [0.2, 0.25) is 0 Å². The number of aliphatic hydroxyl groups excluding tert-OH is 2. The van der Waals surface area contributed by atoms with E-state index in [0.29, 0.717) is 23.2 Å². The summed E-state index contributed by atoms with van der Waals surface area (Å²) in [6, 6.07) is 0. The maximum atomic E-state index is 11.7. The fourth-order valence-electron chi connectivity index (χ4n) is 10.7. The predicted molar refractivity (Wildman–Crippen MR) is 138 cm³/mol. The van der Waals surface area contributed by atoms with Gasteiger partial charge < -0.3 is 14.9 Å². The zero-order chi connectivity index (χ0) is 25.1. The van der Waals surface area contributed by atoms with E-state index in [-0.39, 0.29) is 39.6 Å². The topological polar surface area (TPSA) is 49.7 Å². The predicted octanol–water partition coefficient (Wildman–Crippen LogP) is 6.76. The van der Waals surface area contributed by atoms with Crippen molar-refractivity contribution in [3.8, 4) is 0 Å². The highest BCUT2D eigenvalue weighted by molar-refractivity contribution is 5.36. The van der Waals surface area contributed by atoms with Gasteiger partial charge in [-0.3, -0.25) is 0 Å². The lowest BCUT2D eigenvalue weighted by Gasteiger charge is -2.73. The average Bonchev–Trinajstić information content (AvgIpc) is 2.74. The molecule has 0 aromatic rings. The van der Waals surface area contributed by atoms with Crippen LogP contribution in [0.15, 0.2) is 11.6 Å². The summed E-state index contributed by atoms with van der Waals surface area (Å²) in [5, 5.41) is 22.7. The highest BCUT2D eigenvalue weighted by Gasteiger charge is 2.71. The third-order valence-corrected chi connectivity index (χ3v) is 13.4. The molecule has 1 unspecified atom stereocenters. The van der Waals surface area contributed by atoms with E-state index in [0.717, 1.165) is 12.8 Å². The van der Waals surface area contributed by atoms with E-state index in [1.165, 1.54) is 32.1 Å². The van der Waals surface area contributed by atoms with Gasteiger partial charge in [0, 0.05) is 24.9 Å². The standard InChI is InChI=1S/C31H52O3/c1-26(2)12-13-28(5)14-15-29(6)19(20(28)18-26)16-21(34-9)25-30(29,7)11-10-22-27(3,4)23(32)17-24(33)31(22,25)8/h16,20-25,32-33H,10-15,17-18H2,1-9H3/t20-,21-,22?,23+,24+,25+,28-,29-,30-,31-/m1/s1. The van der Waals surface area contributed by atoms with Gasteiger partial charge in [-0.05, 0) is 83.9 Å². The number of rotatable bonds is 1. The van der Waals surface area contributed by atoms with Gasteiger partial charge in [0.2, 0.25) is 0 Å². The van der Waals surface area contributed by atoms with E-state index in [1.54, 1.807) is 5.57 Å². The van der Waals surface area contributed by atoms with E-state index in [1.807, 2.05) is 7.11 Å². The van der Waals surface area contributed by atoms with Crippen LogP contribution in [-0.2, 0) is 4.74 Å². The lowest BCUT2D eigenvalue weighted by atomic mass is 9.33. The van der Waals surface area contributed by atoms with Crippen LogP contribution in [0.25, 0.3) is 0 Å². The van der Waals surface area contributed by atoms with Crippen molar-refractivity contribution in [2.45, 2.75) is 125 Å². The summed E-state index contributed by atoms with van der Waals surface area (Å²) >= 11 is 0. The molecule has 5 rings (SSSR count). The van der Waals surface area contributed by atoms with Crippen LogP contribution in [0.3, 0.4) is 0 Å². The summed E-state index contributed by atoms with van der Waals surface area (Å²) in [4.78, 5) is 0. The Morgan fingerprint density at radius 3 is 2.15 bits per heavy atom. The molecule has 0 bridgehead atoms. The summed E-state index contributed by atoms with van der Waals surface area (Å²) in [6.07, 6.45) is 10.9. The molecule has 4 fully saturated rings. The maximum Gasteiger partial charge on any atom is 0.0794 e. The maximum absolute atomic E-state index is 11.7. The van der Waals surface area contributed by atoms with Crippen LogP contribution in [0.4, 0.5) is 0 Å². The molecular weight excluding hydrogens is 420 g/mol. The number of hydrogen-bond donors (Lipinski definition) is 2. The number of methoxy groups -OCH3 is 1. The Morgan fingerprint density at radius 1 is 0.853 bits per heavy atom. The molecule has 0 amide bonds. The van der Waals surface area contributed by atoms with E-state index in [4.69, 9.17) is 4.74 Å². The van der Waals surface area contributed by atoms with Gasteiger partial charge in [-0.25, -0.2) is 0 Å². The van der Waals surface area contributed by atoms with E-state index >= 15 is 0 Å². The number of hydrogen-bond acceptors (Lipinski definition) is 3. The fraction of sp³-hybridized carbons (Fsp3) is 0.935. The lowest BCUT2D eigenvalue weighted by molar-refractivity contribution is -0.262. The first-order valence-electron chi connectivity index (χ1n) is 14.2. The van der Waals surface area contributed by atoms with Crippen molar-refractivity contribution in [1.82, 2.24) is 0 Å². The van der Waals surface area contributed by atoms with Gasteiger partial charge >= 0.3 is 0 Å². The quantitative estimate of drug-likeness (QED) is 0.414. The average molecular weight is 473 g/mol. The molecule has 2 N–H and O–H groups in total. The second-order valence-electron chi connectivity index (χ2n) is 15.7. The molecule has 3 nitrogen and oxygen atoms in total. The van der Waals surface area contributed by atoms with Crippen molar-refractivity contribution in [2.24, 2.45) is 50.2 Å². The van der Waals surface area contributed by atoms with Gasteiger partial charge in [0.1, 0.15) is 0 Å². The highest BCUT2D eigenvalue weighted by Crippen LogP contribution is 2.75. The van der Waals surface area contributed by atoms with Crippen LogP contribution in [0.5, 0.6) is 0 Å². The Labute approximate surface area is 209 Å². The SMILES string of the molecule is CO[C@@H]1C=C2[C@H]3CC(C)(C)CC[C@]3(C)CC[C@@]2(C)[C@]2(C)CCC3C(C)(C)[C@@H](O)C[C@H](O)[C@]3(C)[C@@H]12. The second kappa shape index (κ2) is 7.35. The molecule has 5 aliphatic rings. The lowest BCUT2D eigenvalue weighted by Crippen LogP contribution is -2.70. The first kappa shape index (κ1) is 25.3. The minimum atomic E-state index is -0.496. The summed E-state index contributed by atoms with van der Waals surface area (Å²) in [5.74, 6) is 1.17. The van der Waals surface area contributed by atoms with Crippen LogP contribution >= 0.6 is 0 Å². The van der Waals surface area contributed by atoms with Crippen molar-refractivity contribution in [3.63, 3.8) is 0 Å². The molecule has 0 aliphatic heterocycles. The third kappa shape index (κ3) is 2.99. The van der Waals surface area contributed by atoms with Crippen LogP contribution < -0.4 is 0 Å². The van der Waals surface area contributed by atoms with Crippen molar-refractivity contribution in [1.29, 1.82) is 0 Å². The van der Waals surface area contributed by atoms with Crippen molar-refractivity contribution in [3.05, 3.63) is 11.6 Å². The minimum absolute atomic E-state index is 0.0222. The molecule has 10 atom stereocenters. The Hall–Kier alpha value is -0.380. The number of allylic oxidation sites excluding steroid dienone is 1. The molecule has 4 saturated carbocycles. The van der Waals surface area contributed by atoms with Gasteiger partial charge in [-0.2, -0.15) is 0 Å². The fourth-order valence-corrected chi connectivity index (χ4v) is 10.7.